The highest BCUT2D eigenvalue weighted by Crippen LogP contribution is 2.41. The number of ether oxygens (including phenoxy) is 1. The second kappa shape index (κ2) is 6.85. The third-order valence-electron chi connectivity index (χ3n) is 4.05. The second-order valence-corrected chi connectivity index (χ2v) is 5.59. The summed E-state index contributed by atoms with van der Waals surface area (Å²) in [5.74, 6) is 0.744. The molecule has 0 aromatic carbocycles. The first-order valence-electron chi connectivity index (χ1n) is 7.34. The van der Waals surface area contributed by atoms with Crippen molar-refractivity contribution in [3.63, 3.8) is 0 Å². The molecule has 0 spiro atoms. The van der Waals surface area contributed by atoms with Crippen molar-refractivity contribution in [1.29, 1.82) is 0 Å². The van der Waals surface area contributed by atoms with Crippen molar-refractivity contribution in [3.8, 4) is 0 Å². The molecule has 0 unspecified atom stereocenters. The molecule has 4 heteroatoms. The highest BCUT2D eigenvalue weighted by molar-refractivity contribution is 5.25. The molecule has 0 bridgehead atoms. The van der Waals surface area contributed by atoms with Crippen molar-refractivity contribution >= 4 is 5.95 Å². The zero-order chi connectivity index (χ0) is 13.6. The first kappa shape index (κ1) is 14.3. The van der Waals surface area contributed by atoms with Crippen molar-refractivity contribution in [2.24, 2.45) is 5.41 Å². The van der Waals surface area contributed by atoms with E-state index in [0.717, 1.165) is 37.7 Å². The lowest BCUT2D eigenvalue weighted by molar-refractivity contribution is 0.108. The Hall–Kier alpha value is -1.16. The van der Waals surface area contributed by atoms with E-state index in [1.165, 1.54) is 25.7 Å². The van der Waals surface area contributed by atoms with Crippen LogP contribution in [0.1, 0.15) is 44.6 Å². The van der Waals surface area contributed by atoms with Crippen LogP contribution in [0.3, 0.4) is 0 Å². The Balaban J connectivity index is 1.87. The van der Waals surface area contributed by atoms with Crippen LogP contribution >= 0.6 is 0 Å². The molecule has 106 valence electrons. The lowest BCUT2D eigenvalue weighted by Crippen LogP contribution is -2.29. The number of hydrogen-bond acceptors (Lipinski definition) is 4. The van der Waals surface area contributed by atoms with Crippen LogP contribution in [0.5, 0.6) is 0 Å². The van der Waals surface area contributed by atoms with E-state index in [2.05, 4.69) is 22.2 Å². The van der Waals surface area contributed by atoms with Gasteiger partial charge >= 0.3 is 0 Å². The van der Waals surface area contributed by atoms with Crippen LogP contribution in [0.2, 0.25) is 0 Å². The Kier molecular flexibility index (Phi) is 5.14. The Labute approximate surface area is 116 Å². The van der Waals surface area contributed by atoms with Gasteiger partial charge in [-0.15, -0.1) is 0 Å². The summed E-state index contributed by atoms with van der Waals surface area (Å²) in [6, 6.07) is 0. The summed E-state index contributed by atoms with van der Waals surface area (Å²) in [6.07, 6.45) is 10.1. The fourth-order valence-corrected chi connectivity index (χ4v) is 2.82. The minimum absolute atomic E-state index is 0.378. The zero-order valence-corrected chi connectivity index (χ0v) is 12.1. The Morgan fingerprint density at radius 3 is 2.58 bits per heavy atom. The number of nitrogens with one attached hydrogen (secondary N) is 1. The molecule has 1 aromatic heterocycles. The van der Waals surface area contributed by atoms with Gasteiger partial charge in [0.15, 0.2) is 0 Å². The van der Waals surface area contributed by atoms with E-state index in [9.17, 15) is 0 Å². The summed E-state index contributed by atoms with van der Waals surface area (Å²) in [5, 5.41) is 3.40. The Bertz CT molecular complexity index is 371. The van der Waals surface area contributed by atoms with E-state index < -0.39 is 0 Å². The Morgan fingerprint density at radius 2 is 1.95 bits per heavy atom. The van der Waals surface area contributed by atoms with Gasteiger partial charge in [-0.25, -0.2) is 9.97 Å². The van der Waals surface area contributed by atoms with Gasteiger partial charge in [0.05, 0.1) is 0 Å². The predicted octanol–water partition coefficient (Wildman–Crippen LogP) is 3.18. The van der Waals surface area contributed by atoms with Gasteiger partial charge in [0, 0.05) is 32.2 Å². The summed E-state index contributed by atoms with van der Waals surface area (Å²) >= 11 is 0. The number of aromatic nitrogens is 2. The minimum atomic E-state index is 0.378. The molecule has 19 heavy (non-hydrogen) atoms. The van der Waals surface area contributed by atoms with Gasteiger partial charge in [-0.2, -0.15) is 0 Å². The number of rotatable bonds is 7. The van der Waals surface area contributed by atoms with Crippen molar-refractivity contribution in [2.45, 2.75) is 46.0 Å². The minimum Gasteiger partial charge on any atom is -0.382 e. The highest BCUT2D eigenvalue weighted by Gasteiger charge is 2.33. The maximum absolute atomic E-state index is 5.53. The number of anilines is 1. The van der Waals surface area contributed by atoms with E-state index in [-0.39, 0.29) is 0 Å². The molecule has 0 saturated heterocycles. The van der Waals surface area contributed by atoms with Gasteiger partial charge in [-0.1, -0.05) is 12.8 Å². The monoisotopic (exact) mass is 263 g/mol. The number of nitrogens with zero attached hydrogens (tertiary/aromatic N) is 2. The van der Waals surface area contributed by atoms with E-state index in [1.54, 1.807) is 0 Å². The van der Waals surface area contributed by atoms with Gasteiger partial charge in [0.2, 0.25) is 5.95 Å². The molecule has 1 heterocycles. The maximum Gasteiger partial charge on any atom is 0.222 e. The Morgan fingerprint density at radius 1 is 1.26 bits per heavy atom. The van der Waals surface area contributed by atoms with Crippen LogP contribution in [0.15, 0.2) is 12.4 Å². The molecule has 2 rings (SSSR count). The smallest absolute Gasteiger partial charge is 0.222 e. The van der Waals surface area contributed by atoms with Crippen molar-refractivity contribution < 1.29 is 4.74 Å². The van der Waals surface area contributed by atoms with Crippen LogP contribution in [-0.4, -0.2) is 29.7 Å². The molecule has 0 radical (unpaired) electrons. The second-order valence-electron chi connectivity index (χ2n) is 5.59. The summed E-state index contributed by atoms with van der Waals surface area (Å²) < 4.78 is 5.53. The lowest BCUT2D eigenvalue weighted by atomic mass is 9.83. The molecule has 1 aromatic rings. The van der Waals surface area contributed by atoms with Crippen molar-refractivity contribution in [3.05, 3.63) is 18.0 Å². The third kappa shape index (κ3) is 4.16. The van der Waals surface area contributed by atoms with Crippen molar-refractivity contribution in [1.82, 2.24) is 9.97 Å². The fourth-order valence-electron chi connectivity index (χ4n) is 2.82. The molecule has 0 aliphatic heterocycles. The van der Waals surface area contributed by atoms with E-state index in [4.69, 9.17) is 4.74 Å². The highest BCUT2D eigenvalue weighted by atomic mass is 16.5. The fraction of sp³-hybridized carbons (Fsp3) is 0.733. The molecule has 1 aliphatic carbocycles. The largest absolute Gasteiger partial charge is 0.382 e. The normalized spacial score (nSPS) is 17.6. The average molecular weight is 263 g/mol. The molecule has 1 fully saturated rings. The van der Waals surface area contributed by atoms with Gasteiger partial charge < -0.3 is 10.1 Å². The summed E-state index contributed by atoms with van der Waals surface area (Å²) in [6.45, 7) is 6.70. The van der Waals surface area contributed by atoms with Gasteiger partial charge in [0.25, 0.3) is 0 Å². The van der Waals surface area contributed by atoms with Gasteiger partial charge in [-0.05, 0) is 44.1 Å². The third-order valence-corrected chi connectivity index (χ3v) is 4.05. The van der Waals surface area contributed by atoms with E-state index in [1.807, 2.05) is 19.3 Å². The zero-order valence-electron chi connectivity index (χ0n) is 12.1. The molecular formula is C15H25N3O. The van der Waals surface area contributed by atoms with Gasteiger partial charge in [-0.3, -0.25) is 0 Å². The summed E-state index contributed by atoms with van der Waals surface area (Å²) in [5.41, 5.74) is 1.47. The first-order chi connectivity index (χ1) is 9.24. The van der Waals surface area contributed by atoms with Crippen LogP contribution in [0.4, 0.5) is 5.95 Å². The van der Waals surface area contributed by atoms with E-state index >= 15 is 0 Å². The quantitative estimate of drug-likeness (QED) is 0.767. The number of aryl methyl sites for hydroxylation is 1. The van der Waals surface area contributed by atoms with Crippen LogP contribution in [0.25, 0.3) is 0 Å². The first-order valence-corrected chi connectivity index (χ1v) is 7.34. The molecule has 1 aliphatic rings. The molecular weight excluding hydrogens is 238 g/mol. The van der Waals surface area contributed by atoms with Crippen LogP contribution < -0.4 is 5.32 Å². The SMILES string of the molecule is CCOCCC1(CNc2ncc(C)cn2)CCCC1. The topological polar surface area (TPSA) is 47.0 Å². The molecule has 0 amide bonds. The van der Waals surface area contributed by atoms with E-state index in [0.29, 0.717) is 5.41 Å². The summed E-state index contributed by atoms with van der Waals surface area (Å²) in [4.78, 5) is 8.63. The van der Waals surface area contributed by atoms with Crippen LogP contribution in [-0.2, 0) is 4.74 Å². The maximum atomic E-state index is 5.53. The standard InChI is InChI=1S/C15H25N3O/c1-3-19-9-8-15(6-4-5-7-15)12-18-14-16-10-13(2)11-17-14/h10-11H,3-9,12H2,1-2H3,(H,16,17,18). The van der Waals surface area contributed by atoms with Crippen molar-refractivity contribution in [2.75, 3.05) is 25.1 Å². The predicted molar refractivity (Wildman–Crippen MR) is 77.3 cm³/mol. The molecule has 4 nitrogen and oxygen atoms in total. The lowest BCUT2D eigenvalue weighted by Gasteiger charge is -2.29. The molecule has 1 saturated carbocycles. The average Bonchev–Trinajstić information content (AvgIpc) is 2.88. The van der Waals surface area contributed by atoms with Crippen LogP contribution in [0, 0.1) is 12.3 Å². The van der Waals surface area contributed by atoms with Gasteiger partial charge in [0.1, 0.15) is 0 Å². The molecule has 1 N–H and O–H groups in total. The molecule has 0 atom stereocenters. The summed E-state index contributed by atoms with van der Waals surface area (Å²) in [7, 11) is 0. The number of hydrogen-bond donors (Lipinski definition) is 1.